The number of hydrogen-bond acceptors (Lipinski definition) is 3. The fourth-order valence-corrected chi connectivity index (χ4v) is 3.23. The molecule has 1 fully saturated rings. The van der Waals surface area contributed by atoms with Crippen molar-refractivity contribution < 1.29 is 9.53 Å². The monoisotopic (exact) mass is 328 g/mol. The Balaban J connectivity index is 1.62. The van der Waals surface area contributed by atoms with Crippen molar-refractivity contribution in [3.63, 3.8) is 0 Å². The molecule has 1 saturated heterocycles. The van der Waals surface area contributed by atoms with Crippen molar-refractivity contribution in [2.75, 3.05) is 13.7 Å². The molecule has 0 unspecified atom stereocenters. The fourth-order valence-electron chi connectivity index (χ4n) is 3.23. The molecule has 24 heavy (non-hydrogen) atoms. The van der Waals surface area contributed by atoms with E-state index in [0.29, 0.717) is 6.54 Å². The van der Waals surface area contributed by atoms with E-state index < -0.39 is 0 Å². The Morgan fingerprint density at radius 3 is 2.88 bits per heavy atom. The molecule has 1 aromatic carbocycles. The molecular formula is C18H24N4O2. The molecule has 2 heterocycles. The van der Waals surface area contributed by atoms with Gasteiger partial charge in [0.1, 0.15) is 5.75 Å². The Hall–Kier alpha value is -2.50. The van der Waals surface area contributed by atoms with Gasteiger partial charge < -0.3 is 19.5 Å². The van der Waals surface area contributed by atoms with Crippen LogP contribution in [0.15, 0.2) is 43.0 Å². The van der Waals surface area contributed by atoms with Gasteiger partial charge in [0.05, 0.1) is 19.5 Å². The molecule has 1 aliphatic rings. The lowest BCUT2D eigenvalue weighted by Crippen LogP contribution is -2.44. The van der Waals surface area contributed by atoms with Gasteiger partial charge in [-0.3, -0.25) is 0 Å². The van der Waals surface area contributed by atoms with Gasteiger partial charge in [0.2, 0.25) is 0 Å². The van der Waals surface area contributed by atoms with Crippen LogP contribution in [0.4, 0.5) is 4.79 Å². The molecule has 6 heteroatoms. The van der Waals surface area contributed by atoms with Gasteiger partial charge in [0, 0.05) is 31.5 Å². The highest BCUT2D eigenvalue weighted by molar-refractivity contribution is 5.75. The number of imidazole rings is 1. The Kier molecular flexibility index (Phi) is 5.03. The minimum absolute atomic E-state index is 0.000864. The molecule has 1 aliphatic heterocycles. The van der Waals surface area contributed by atoms with Gasteiger partial charge in [-0.05, 0) is 37.5 Å². The van der Waals surface area contributed by atoms with Crippen molar-refractivity contribution in [1.29, 1.82) is 0 Å². The van der Waals surface area contributed by atoms with Crippen LogP contribution in [0, 0.1) is 0 Å². The van der Waals surface area contributed by atoms with E-state index in [1.165, 1.54) is 0 Å². The van der Waals surface area contributed by atoms with Crippen LogP contribution < -0.4 is 10.1 Å². The first-order valence-corrected chi connectivity index (χ1v) is 8.34. The minimum Gasteiger partial charge on any atom is -0.497 e. The summed E-state index contributed by atoms with van der Waals surface area (Å²) >= 11 is 0. The molecular weight excluding hydrogens is 304 g/mol. The Morgan fingerprint density at radius 1 is 1.42 bits per heavy atom. The number of rotatable bonds is 5. The fraction of sp³-hybridized carbons (Fsp3) is 0.444. The summed E-state index contributed by atoms with van der Waals surface area (Å²) in [4.78, 5) is 18.6. The van der Waals surface area contributed by atoms with Crippen LogP contribution in [0.25, 0.3) is 0 Å². The molecule has 128 valence electrons. The van der Waals surface area contributed by atoms with Gasteiger partial charge in [-0.25, -0.2) is 9.78 Å². The zero-order valence-corrected chi connectivity index (χ0v) is 14.2. The van der Waals surface area contributed by atoms with Gasteiger partial charge >= 0.3 is 6.03 Å². The first-order chi connectivity index (χ1) is 11.7. The molecule has 2 atom stereocenters. The Labute approximate surface area is 142 Å². The highest BCUT2D eigenvalue weighted by Crippen LogP contribution is 2.32. The first-order valence-electron chi connectivity index (χ1n) is 8.34. The van der Waals surface area contributed by atoms with Crippen molar-refractivity contribution in [3.05, 3.63) is 48.5 Å². The number of nitrogens with zero attached hydrogens (tertiary/aromatic N) is 3. The number of benzene rings is 1. The third-order valence-corrected chi connectivity index (χ3v) is 4.43. The average molecular weight is 328 g/mol. The predicted octanol–water partition coefficient (Wildman–Crippen LogP) is 2.83. The van der Waals surface area contributed by atoms with Gasteiger partial charge in [-0.2, -0.15) is 0 Å². The third kappa shape index (κ3) is 3.69. The van der Waals surface area contributed by atoms with E-state index in [-0.39, 0.29) is 18.1 Å². The smallest absolute Gasteiger partial charge is 0.318 e. The maximum absolute atomic E-state index is 12.7. The number of urea groups is 1. The Morgan fingerprint density at radius 2 is 2.21 bits per heavy atom. The molecule has 2 amide bonds. The molecule has 0 spiro atoms. The van der Waals surface area contributed by atoms with Gasteiger partial charge in [0.25, 0.3) is 0 Å². The van der Waals surface area contributed by atoms with E-state index in [4.69, 9.17) is 4.74 Å². The van der Waals surface area contributed by atoms with E-state index in [1.54, 1.807) is 19.6 Å². The molecule has 0 aliphatic carbocycles. The number of likely N-dealkylation sites (tertiary alicyclic amines) is 1. The van der Waals surface area contributed by atoms with Gasteiger partial charge in [-0.15, -0.1) is 0 Å². The second kappa shape index (κ2) is 7.38. The summed E-state index contributed by atoms with van der Waals surface area (Å²) in [5.41, 5.74) is 1.16. The molecule has 1 N–H and O–H groups in total. The lowest BCUT2D eigenvalue weighted by molar-refractivity contribution is 0.188. The van der Waals surface area contributed by atoms with E-state index in [0.717, 1.165) is 30.7 Å². The highest BCUT2D eigenvalue weighted by atomic mass is 16.5. The van der Waals surface area contributed by atoms with Crippen LogP contribution in [0.3, 0.4) is 0 Å². The van der Waals surface area contributed by atoms with Crippen LogP contribution in [-0.4, -0.2) is 40.2 Å². The summed E-state index contributed by atoms with van der Waals surface area (Å²) in [6.07, 6.45) is 7.43. The lowest BCUT2D eigenvalue weighted by Gasteiger charge is -2.27. The molecule has 1 aromatic heterocycles. The zero-order valence-electron chi connectivity index (χ0n) is 14.2. The van der Waals surface area contributed by atoms with Crippen molar-refractivity contribution >= 4 is 6.03 Å². The van der Waals surface area contributed by atoms with Crippen LogP contribution in [0.5, 0.6) is 5.75 Å². The second-order valence-electron chi connectivity index (χ2n) is 6.23. The van der Waals surface area contributed by atoms with Crippen LogP contribution >= 0.6 is 0 Å². The maximum atomic E-state index is 12.7. The summed E-state index contributed by atoms with van der Waals surface area (Å²) in [6, 6.07) is 8.17. The molecule has 0 bridgehead atoms. The second-order valence-corrected chi connectivity index (χ2v) is 6.23. The average Bonchev–Trinajstić information content (AvgIpc) is 3.26. The molecule has 3 rings (SSSR count). The van der Waals surface area contributed by atoms with E-state index in [9.17, 15) is 4.79 Å². The topological polar surface area (TPSA) is 59.4 Å². The quantitative estimate of drug-likeness (QED) is 0.918. The molecule has 2 aromatic rings. The number of amides is 2. The van der Waals surface area contributed by atoms with E-state index in [1.807, 2.05) is 46.9 Å². The Bertz CT molecular complexity index is 654. The van der Waals surface area contributed by atoms with Gasteiger partial charge in [-0.1, -0.05) is 12.1 Å². The number of nitrogens with one attached hydrogen (secondary N) is 1. The summed E-state index contributed by atoms with van der Waals surface area (Å²) in [5.74, 6) is 0.835. The van der Waals surface area contributed by atoms with Crippen LogP contribution in [0.1, 0.15) is 31.4 Å². The summed E-state index contributed by atoms with van der Waals surface area (Å²) in [7, 11) is 1.66. The number of aromatic nitrogens is 2. The van der Waals surface area contributed by atoms with Crippen molar-refractivity contribution in [2.24, 2.45) is 0 Å². The summed E-state index contributed by atoms with van der Waals surface area (Å²) in [5, 5.41) is 3.10. The number of methoxy groups -OCH3 is 1. The summed E-state index contributed by atoms with van der Waals surface area (Å²) < 4.78 is 7.18. The number of carbonyl (C=O) groups is 1. The number of ether oxygens (including phenoxy) is 1. The molecule has 0 radical (unpaired) electrons. The SMILES string of the molecule is COc1ccc([C@H]2CCCN2C(=O)N[C@@H](C)Cn2ccnc2)cc1. The standard InChI is InChI=1S/C18H24N4O2/c1-14(12-21-11-9-19-13-21)20-18(23)22-10-3-4-17(22)15-5-7-16(24-2)8-6-15/h5-9,11,13-14,17H,3-4,10,12H2,1-2H3,(H,20,23)/t14-,17+/m0/s1. The number of carbonyl (C=O) groups excluding carboxylic acids is 1. The first kappa shape index (κ1) is 16.4. The lowest BCUT2D eigenvalue weighted by atomic mass is 10.0. The predicted molar refractivity (Wildman–Crippen MR) is 91.9 cm³/mol. The summed E-state index contributed by atoms with van der Waals surface area (Å²) in [6.45, 7) is 3.52. The highest BCUT2D eigenvalue weighted by Gasteiger charge is 2.30. The van der Waals surface area contributed by atoms with Crippen molar-refractivity contribution in [1.82, 2.24) is 19.8 Å². The van der Waals surface area contributed by atoms with E-state index in [2.05, 4.69) is 10.3 Å². The van der Waals surface area contributed by atoms with Crippen LogP contribution in [0.2, 0.25) is 0 Å². The van der Waals surface area contributed by atoms with Gasteiger partial charge in [0.15, 0.2) is 0 Å². The van der Waals surface area contributed by atoms with E-state index >= 15 is 0 Å². The number of hydrogen-bond donors (Lipinski definition) is 1. The van der Waals surface area contributed by atoms with Crippen molar-refractivity contribution in [3.8, 4) is 5.75 Å². The molecule has 0 saturated carbocycles. The minimum atomic E-state index is 0.000864. The normalized spacial score (nSPS) is 18.4. The van der Waals surface area contributed by atoms with Crippen LogP contribution in [-0.2, 0) is 6.54 Å². The van der Waals surface area contributed by atoms with Crippen molar-refractivity contribution in [2.45, 2.75) is 38.4 Å². The maximum Gasteiger partial charge on any atom is 0.318 e. The largest absolute Gasteiger partial charge is 0.497 e. The zero-order chi connectivity index (χ0) is 16.9. The molecule has 6 nitrogen and oxygen atoms in total. The third-order valence-electron chi connectivity index (χ3n) is 4.43.